The molecule has 1 fully saturated rings. The zero-order chi connectivity index (χ0) is 15.4. The van der Waals surface area contributed by atoms with E-state index in [0.717, 1.165) is 20.2 Å². The number of likely N-dealkylation sites (N-methyl/N-ethyl adjacent to an activating group) is 1. The van der Waals surface area contributed by atoms with Crippen LogP contribution >= 0.6 is 0 Å². The van der Waals surface area contributed by atoms with Crippen LogP contribution in [0.1, 0.15) is 27.7 Å². The Balaban J connectivity index is -0.000000195. The van der Waals surface area contributed by atoms with Crippen molar-refractivity contribution in [3.05, 3.63) is 36.4 Å². The van der Waals surface area contributed by atoms with Crippen LogP contribution in [0.3, 0.4) is 0 Å². The van der Waals surface area contributed by atoms with Gasteiger partial charge in [0.2, 0.25) is 0 Å². The van der Waals surface area contributed by atoms with Gasteiger partial charge in [-0.05, 0) is 7.05 Å². The Morgan fingerprint density at radius 1 is 0.737 bits per heavy atom. The summed E-state index contributed by atoms with van der Waals surface area (Å²) in [7, 11) is 3.15. The average molecular weight is 270 g/mol. The fourth-order valence-corrected chi connectivity index (χ4v) is 1.16. The third kappa shape index (κ3) is 22.7. The SMILES string of the molecule is CC.CC.CN1CCNCC1.CO.c1ccccc1. The van der Waals surface area contributed by atoms with Gasteiger partial charge in [0.05, 0.1) is 0 Å². The van der Waals surface area contributed by atoms with Crippen LogP contribution < -0.4 is 5.32 Å². The normalized spacial score (nSPS) is 12.8. The summed E-state index contributed by atoms with van der Waals surface area (Å²) in [6.07, 6.45) is 0. The number of rotatable bonds is 0. The molecule has 1 aromatic rings. The lowest BCUT2D eigenvalue weighted by atomic mass is 10.4. The first-order valence-electron chi connectivity index (χ1n) is 7.23. The molecule has 1 aliphatic rings. The maximum Gasteiger partial charge on any atom is 0.0319 e. The Hall–Kier alpha value is -0.900. The molecule has 1 heterocycles. The van der Waals surface area contributed by atoms with Gasteiger partial charge in [-0.2, -0.15) is 0 Å². The van der Waals surface area contributed by atoms with E-state index in [4.69, 9.17) is 5.11 Å². The Morgan fingerprint density at radius 2 is 1.00 bits per heavy atom. The van der Waals surface area contributed by atoms with Crippen LogP contribution in [-0.2, 0) is 0 Å². The molecule has 1 saturated heterocycles. The fourth-order valence-electron chi connectivity index (χ4n) is 1.16. The van der Waals surface area contributed by atoms with E-state index >= 15 is 0 Å². The molecule has 0 saturated carbocycles. The summed E-state index contributed by atoms with van der Waals surface area (Å²) >= 11 is 0. The topological polar surface area (TPSA) is 35.5 Å². The van der Waals surface area contributed by atoms with Gasteiger partial charge in [0.25, 0.3) is 0 Å². The second-order valence-electron chi connectivity index (χ2n) is 3.21. The number of benzene rings is 1. The smallest absolute Gasteiger partial charge is 0.0319 e. The van der Waals surface area contributed by atoms with Crippen LogP contribution in [0.2, 0.25) is 0 Å². The second kappa shape index (κ2) is 25.8. The predicted molar refractivity (Wildman–Crippen MR) is 87.6 cm³/mol. The molecule has 2 rings (SSSR count). The maximum absolute atomic E-state index is 7.00. The molecular formula is C16H34N2O. The van der Waals surface area contributed by atoms with Gasteiger partial charge in [-0.15, -0.1) is 0 Å². The minimum atomic E-state index is 1.00. The molecule has 3 nitrogen and oxygen atoms in total. The first-order chi connectivity index (χ1) is 9.39. The molecule has 1 aliphatic heterocycles. The number of nitrogens with zero attached hydrogens (tertiary/aromatic N) is 1. The monoisotopic (exact) mass is 270 g/mol. The van der Waals surface area contributed by atoms with Crippen LogP contribution in [0.4, 0.5) is 0 Å². The molecule has 19 heavy (non-hydrogen) atoms. The zero-order valence-corrected chi connectivity index (χ0v) is 13.7. The number of aliphatic hydroxyl groups is 1. The van der Waals surface area contributed by atoms with Crippen LogP contribution in [-0.4, -0.2) is 50.3 Å². The first-order valence-corrected chi connectivity index (χ1v) is 7.23. The molecule has 0 amide bonds. The van der Waals surface area contributed by atoms with Crippen LogP contribution in [0.5, 0.6) is 0 Å². The number of nitrogens with one attached hydrogen (secondary N) is 1. The molecule has 1 aromatic carbocycles. The summed E-state index contributed by atoms with van der Waals surface area (Å²) < 4.78 is 0. The van der Waals surface area contributed by atoms with E-state index in [9.17, 15) is 0 Å². The summed E-state index contributed by atoms with van der Waals surface area (Å²) in [6.45, 7) is 12.7. The first kappa shape index (κ1) is 23.2. The van der Waals surface area contributed by atoms with Crippen molar-refractivity contribution in [3.63, 3.8) is 0 Å². The number of hydrogen-bond acceptors (Lipinski definition) is 3. The quantitative estimate of drug-likeness (QED) is 0.761. The molecule has 0 radical (unpaired) electrons. The third-order valence-corrected chi connectivity index (χ3v) is 2.01. The van der Waals surface area contributed by atoms with E-state index in [1.165, 1.54) is 13.1 Å². The Bertz CT molecular complexity index is 172. The van der Waals surface area contributed by atoms with Gasteiger partial charge >= 0.3 is 0 Å². The van der Waals surface area contributed by atoms with Crippen molar-refractivity contribution >= 4 is 0 Å². The molecule has 2 N–H and O–H groups in total. The summed E-state index contributed by atoms with van der Waals surface area (Å²) in [5, 5.41) is 10.3. The van der Waals surface area contributed by atoms with Gasteiger partial charge < -0.3 is 15.3 Å². The molecule has 114 valence electrons. The van der Waals surface area contributed by atoms with E-state index < -0.39 is 0 Å². The van der Waals surface area contributed by atoms with Crippen LogP contribution in [0.15, 0.2) is 36.4 Å². The average Bonchev–Trinajstić information content (AvgIpc) is 2.56. The number of hydrogen-bond donors (Lipinski definition) is 2. The molecule has 0 aromatic heterocycles. The molecule has 3 heteroatoms. The highest BCUT2D eigenvalue weighted by Gasteiger charge is 2.01. The summed E-state index contributed by atoms with van der Waals surface area (Å²) in [6, 6.07) is 12.0. The Labute approximate surface area is 120 Å². The van der Waals surface area contributed by atoms with Crippen molar-refractivity contribution in [2.75, 3.05) is 40.3 Å². The largest absolute Gasteiger partial charge is 0.400 e. The third-order valence-electron chi connectivity index (χ3n) is 2.01. The molecule has 0 bridgehead atoms. The fraction of sp³-hybridized carbons (Fsp3) is 0.625. The van der Waals surface area contributed by atoms with Gasteiger partial charge in [0.1, 0.15) is 0 Å². The molecule has 0 spiro atoms. The van der Waals surface area contributed by atoms with Gasteiger partial charge in [-0.25, -0.2) is 0 Å². The van der Waals surface area contributed by atoms with E-state index in [1.54, 1.807) is 0 Å². The van der Waals surface area contributed by atoms with Crippen molar-refractivity contribution in [2.24, 2.45) is 0 Å². The maximum atomic E-state index is 7.00. The van der Waals surface area contributed by atoms with Gasteiger partial charge in [0.15, 0.2) is 0 Å². The number of aliphatic hydroxyl groups excluding tert-OH is 1. The van der Waals surface area contributed by atoms with Crippen molar-refractivity contribution < 1.29 is 5.11 Å². The lowest BCUT2D eigenvalue weighted by molar-refractivity contribution is 0.291. The zero-order valence-electron chi connectivity index (χ0n) is 13.7. The van der Waals surface area contributed by atoms with Gasteiger partial charge in [-0.3, -0.25) is 0 Å². The lowest BCUT2D eigenvalue weighted by Gasteiger charge is -2.21. The van der Waals surface area contributed by atoms with Crippen molar-refractivity contribution in [1.82, 2.24) is 10.2 Å². The number of piperazine rings is 1. The highest BCUT2D eigenvalue weighted by molar-refractivity contribution is 4.99. The van der Waals surface area contributed by atoms with Crippen LogP contribution in [0.25, 0.3) is 0 Å². The lowest BCUT2D eigenvalue weighted by Crippen LogP contribution is -2.40. The standard InChI is InChI=1S/C6H6.C5H12N2.2C2H6.CH4O/c1-2-4-6-5-3-1;1-7-4-2-6-3-5-7;3*1-2/h1-6H;6H,2-5H2,1H3;2*1-2H3;2H,1H3. The highest BCUT2D eigenvalue weighted by atomic mass is 16.2. The summed E-state index contributed by atoms with van der Waals surface area (Å²) in [5.74, 6) is 0. The highest BCUT2D eigenvalue weighted by Crippen LogP contribution is 1.83. The van der Waals surface area contributed by atoms with E-state index in [0.29, 0.717) is 0 Å². The van der Waals surface area contributed by atoms with E-state index in [2.05, 4.69) is 17.3 Å². The Kier molecular flexibility index (Phi) is 31.6. The Morgan fingerprint density at radius 3 is 1.16 bits per heavy atom. The molecule has 0 aliphatic carbocycles. The van der Waals surface area contributed by atoms with E-state index in [-0.39, 0.29) is 0 Å². The van der Waals surface area contributed by atoms with E-state index in [1.807, 2.05) is 64.1 Å². The summed E-state index contributed by atoms with van der Waals surface area (Å²) in [5.41, 5.74) is 0. The molecular weight excluding hydrogens is 236 g/mol. The van der Waals surface area contributed by atoms with Gasteiger partial charge in [0, 0.05) is 33.3 Å². The molecule has 0 unspecified atom stereocenters. The van der Waals surface area contributed by atoms with Crippen molar-refractivity contribution in [1.29, 1.82) is 0 Å². The van der Waals surface area contributed by atoms with Crippen molar-refractivity contribution in [2.45, 2.75) is 27.7 Å². The summed E-state index contributed by atoms with van der Waals surface area (Å²) in [4.78, 5) is 2.33. The van der Waals surface area contributed by atoms with Crippen LogP contribution in [0, 0.1) is 0 Å². The van der Waals surface area contributed by atoms with Gasteiger partial charge in [-0.1, -0.05) is 64.1 Å². The molecule has 0 atom stereocenters. The minimum absolute atomic E-state index is 1.00. The predicted octanol–water partition coefficient (Wildman–Crippen LogP) is 2.87. The second-order valence-corrected chi connectivity index (χ2v) is 3.21. The van der Waals surface area contributed by atoms with Crippen molar-refractivity contribution in [3.8, 4) is 0 Å². The minimum Gasteiger partial charge on any atom is -0.400 e.